The number of benzene rings is 1. The average Bonchev–Trinajstić information content (AvgIpc) is 2.78. The molecule has 0 N–H and O–H groups in total. The highest BCUT2D eigenvalue weighted by Crippen LogP contribution is 2.56. The fourth-order valence-corrected chi connectivity index (χ4v) is 9.65. The Bertz CT molecular complexity index is 472. The van der Waals surface area contributed by atoms with Gasteiger partial charge >= 0.3 is 0 Å². The molecule has 1 aromatic rings. The van der Waals surface area contributed by atoms with Crippen LogP contribution in [0.25, 0.3) is 0 Å². The largest absolute Gasteiger partial charge is 0.283 e. The van der Waals surface area contributed by atoms with Crippen LogP contribution in [0.1, 0.15) is 31.6 Å². The molecule has 1 aliphatic heterocycles. The van der Waals surface area contributed by atoms with Crippen LogP contribution < -0.4 is 0 Å². The molecule has 0 nitrogen and oxygen atoms in total. The highest BCUT2D eigenvalue weighted by atomic mass is 32.2. The van der Waals surface area contributed by atoms with Gasteiger partial charge in [-0.2, -0.15) is 0 Å². The molecule has 110 valence electrons. The van der Waals surface area contributed by atoms with Crippen LogP contribution in [0.3, 0.4) is 0 Å². The maximum absolute atomic E-state index is 14.4. The molecule has 1 aliphatic rings. The molecular formula is C16H22F2SSi. The van der Waals surface area contributed by atoms with Crippen molar-refractivity contribution < 1.29 is 8.78 Å². The Balaban J connectivity index is 2.33. The Morgan fingerprint density at radius 2 is 1.60 bits per heavy atom. The van der Waals surface area contributed by atoms with E-state index < -0.39 is 19.2 Å². The first-order valence-electron chi connectivity index (χ1n) is 7.32. The Morgan fingerprint density at radius 1 is 1.05 bits per heavy atom. The van der Waals surface area contributed by atoms with Crippen LogP contribution in [-0.4, -0.2) is 14.0 Å². The number of allylic oxidation sites excluding steroid dienone is 1. The maximum atomic E-state index is 14.4. The number of hydrogen-bond acceptors (Lipinski definition) is 1. The van der Waals surface area contributed by atoms with Gasteiger partial charge in [0.2, 0.25) is 0 Å². The van der Waals surface area contributed by atoms with Crippen LogP contribution >= 0.6 is 11.8 Å². The monoisotopic (exact) mass is 312 g/mol. The molecule has 0 saturated heterocycles. The Kier molecular flexibility index (Phi) is 4.75. The van der Waals surface area contributed by atoms with Crippen molar-refractivity contribution in [2.24, 2.45) is 0 Å². The van der Waals surface area contributed by atoms with E-state index >= 15 is 0 Å². The summed E-state index contributed by atoms with van der Waals surface area (Å²) in [5.41, 5.74) is 0.736. The molecule has 0 bridgehead atoms. The first-order chi connectivity index (χ1) is 9.49. The summed E-state index contributed by atoms with van der Waals surface area (Å²) in [5, 5.41) is -0.741. The van der Waals surface area contributed by atoms with E-state index in [4.69, 9.17) is 0 Å². The molecule has 20 heavy (non-hydrogen) atoms. The van der Waals surface area contributed by atoms with E-state index in [9.17, 15) is 8.78 Å². The number of halogens is 2. The van der Waals surface area contributed by atoms with Crippen molar-refractivity contribution >= 4 is 19.8 Å². The van der Waals surface area contributed by atoms with Crippen LogP contribution in [0.5, 0.6) is 0 Å². The lowest BCUT2D eigenvalue weighted by atomic mass is 10.1. The molecule has 1 atom stereocenters. The third kappa shape index (κ3) is 2.73. The van der Waals surface area contributed by atoms with Gasteiger partial charge in [-0.25, -0.2) is 8.78 Å². The van der Waals surface area contributed by atoms with Crippen molar-refractivity contribution in [3.8, 4) is 0 Å². The summed E-state index contributed by atoms with van der Waals surface area (Å²) in [7, 11) is -1.70. The van der Waals surface area contributed by atoms with E-state index in [-0.39, 0.29) is 0 Å². The lowest BCUT2D eigenvalue weighted by Crippen LogP contribution is -2.32. The van der Waals surface area contributed by atoms with Crippen molar-refractivity contribution in [3.05, 3.63) is 46.5 Å². The summed E-state index contributed by atoms with van der Waals surface area (Å²) in [5.74, 6) is -2.72. The molecule has 1 unspecified atom stereocenters. The quantitative estimate of drug-likeness (QED) is 0.597. The molecule has 0 radical (unpaired) electrons. The van der Waals surface area contributed by atoms with Gasteiger partial charge in [0.1, 0.15) is 5.25 Å². The Morgan fingerprint density at radius 3 is 2.10 bits per heavy atom. The first-order valence-corrected chi connectivity index (χ1v) is 10.8. The summed E-state index contributed by atoms with van der Waals surface area (Å²) < 4.78 is 29.8. The van der Waals surface area contributed by atoms with Crippen molar-refractivity contribution in [1.29, 1.82) is 0 Å². The predicted molar refractivity (Wildman–Crippen MR) is 87.0 cm³/mol. The highest BCUT2D eigenvalue weighted by molar-refractivity contribution is 8.05. The molecule has 0 aliphatic carbocycles. The number of alkyl halides is 2. The van der Waals surface area contributed by atoms with Crippen LogP contribution in [0, 0.1) is 0 Å². The van der Waals surface area contributed by atoms with Gasteiger partial charge in [-0.05, 0) is 16.2 Å². The second kappa shape index (κ2) is 6.02. The fourth-order valence-electron chi connectivity index (χ4n) is 2.96. The predicted octanol–water partition coefficient (Wildman–Crippen LogP) is 6.04. The highest BCUT2D eigenvalue weighted by Gasteiger charge is 2.49. The van der Waals surface area contributed by atoms with E-state index in [1.165, 1.54) is 17.8 Å². The average molecular weight is 313 g/mol. The van der Waals surface area contributed by atoms with Gasteiger partial charge in [0.25, 0.3) is 5.92 Å². The van der Waals surface area contributed by atoms with E-state index in [0.717, 1.165) is 28.2 Å². The third-order valence-corrected chi connectivity index (χ3v) is 12.7. The zero-order valence-corrected chi connectivity index (χ0v) is 14.1. The lowest BCUT2D eigenvalue weighted by Gasteiger charge is -2.29. The van der Waals surface area contributed by atoms with E-state index in [0.29, 0.717) is 0 Å². The molecule has 0 saturated carbocycles. The van der Waals surface area contributed by atoms with Gasteiger partial charge in [0, 0.05) is 0 Å². The molecule has 1 heterocycles. The van der Waals surface area contributed by atoms with Crippen LogP contribution in [-0.2, 0) is 0 Å². The van der Waals surface area contributed by atoms with Crippen LogP contribution in [0.4, 0.5) is 8.78 Å². The zero-order chi connectivity index (χ0) is 14.8. The van der Waals surface area contributed by atoms with Gasteiger partial charge in [0.15, 0.2) is 0 Å². The minimum absolute atomic E-state index is 0.736. The molecule has 0 spiro atoms. The van der Waals surface area contributed by atoms with Crippen molar-refractivity contribution in [2.75, 3.05) is 0 Å². The summed E-state index contributed by atoms with van der Waals surface area (Å²) in [6.07, 6.45) is 1.29. The normalized spacial score (nSPS) is 21.9. The Labute approximate surface area is 125 Å². The molecule has 0 aromatic heterocycles. The van der Waals surface area contributed by atoms with Crippen LogP contribution in [0.15, 0.2) is 40.9 Å². The summed E-state index contributed by atoms with van der Waals surface area (Å²) >= 11 is 1.42. The summed E-state index contributed by atoms with van der Waals surface area (Å²) in [6.45, 7) is 6.48. The topological polar surface area (TPSA) is 0 Å². The minimum Gasteiger partial charge on any atom is -0.200 e. The second-order valence-corrected chi connectivity index (χ2v) is 12.2. The fraction of sp³-hybridized carbons (Fsp3) is 0.500. The van der Waals surface area contributed by atoms with Gasteiger partial charge in [0.05, 0.1) is 8.07 Å². The van der Waals surface area contributed by atoms with E-state index in [1.807, 2.05) is 30.3 Å². The molecule has 0 amide bonds. The first kappa shape index (κ1) is 15.8. The smallest absolute Gasteiger partial charge is 0.200 e. The molecule has 1 aromatic carbocycles. The SMILES string of the molecule is CC[Si](CC)(CC)C1=CC(F)(F)C(c2ccccc2)S1. The number of rotatable bonds is 5. The van der Waals surface area contributed by atoms with Gasteiger partial charge in [-0.1, -0.05) is 69.2 Å². The van der Waals surface area contributed by atoms with Crippen LogP contribution in [0.2, 0.25) is 18.1 Å². The summed E-state index contributed by atoms with van der Waals surface area (Å²) in [6, 6.07) is 12.3. The van der Waals surface area contributed by atoms with Gasteiger partial charge < -0.3 is 0 Å². The van der Waals surface area contributed by atoms with Crippen molar-refractivity contribution in [1.82, 2.24) is 0 Å². The molecule has 4 heteroatoms. The minimum atomic E-state index is -2.72. The second-order valence-electron chi connectivity index (χ2n) is 5.43. The number of thioether (sulfide) groups is 1. The molecule has 2 rings (SSSR count). The standard InChI is InChI=1S/C16H22F2SSi/c1-4-20(5-2,6-3)14-12-16(17,18)15(19-14)13-10-8-7-9-11-13/h7-12,15H,4-6H2,1-3H3. The third-order valence-electron chi connectivity index (χ3n) is 4.57. The number of hydrogen-bond donors (Lipinski definition) is 0. The molecule has 0 fully saturated rings. The summed E-state index contributed by atoms with van der Waals surface area (Å²) in [4.78, 5) is 0. The Hall–Kier alpha value is -0.613. The maximum Gasteiger partial charge on any atom is 0.283 e. The van der Waals surface area contributed by atoms with Crippen molar-refractivity contribution in [3.63, 3.8) is 0 Å². The van der Waals surface area contributed by atoms with Gasteiger partial charge in [-0.3, -0.25) is 0 Å². The van der Waals surface area contributed by atoms with E-state index in [1.54, 1.807) is 0 Å². The molecular weight excluding hydrogens is 290 g/mol. The van der Waals surface area contributed by atoms with E-state index in [2.05, 4.69) is 20.8 Å². The van der Waals surface area contributed by atoms with Gasteiger partial charge in [-0.15, -0.1) is 11.8 Å². The van der Waals surface area contributed by atoms with Crippen molar-refractivity contribution in [2.45, 2.75) is 50.1 Å². The zero-order valence-electron chi connectivity index (χ0n) is 12.3. The lowest BCUT2D eigenvalue weighted by molar-refractivity contribution is 0.0552.